The van der Waals surface area contributed by atoms with E-state index in [1.54, 1.807) is 17.2 Å². The number of sulfonamides is 1. The average Bonchev–Trinajstić information content (AvgIpc) is 3.56. The van der Waals surface area contributed by atoms with Gasteiger partial charge in [0.05, 0.1) is 27.9 Å². The summed E-state index contributed by atoms with van der Waals surface area (Å²) in [6.45, 7) is 4.70. The summed E-state index contributed by atoms with van der Waals surface area (Å²) < 4.78 is 47.2. The molecule has 2 aromatic carbocycles. The van der Waals surface area contributed by atoms with Gasteiger partial charge < -0.3 is 4.42 Å². The molecule has 0 aliphatic carbocycles. The van der Waals surface area contributed by atoms with E-state index in [0.29, 0.717) is 23.7 Å². The third-order valence-corrected chi connectivity index (χ3v) is 9.70. The number of carbonyl (C=O) groups excluding carboxylic acids is 1. The minimum atomic E-state index is -3.75. The Morgan fingerprint density at radius 3 is 2.44 bits per heavy atom. The highest BCUT2D eigenvalue weighted by molar-refractivity contribution is 7.89. The quantitative estimate of drug-likeness (QED) is 0.341. The van der Waals surface area contributed by atoms with Gasteiger partial charge in [0.25, 0.3) is 0 Å². The molecule has 0 bridgehead atoms. The molecule has 36 heavy (non-hydrogen) atoms. The molecule has 188 valence electrons. The van der Waals surface area contributed by atoms with E-state index >= 15 is 0 Å². The fourth-order valence-electron chi connectivity index (χ4n) is 4.48. The molecule has 10 heteroatoms. The van der Waals surface area contributed by atoms with Crippen molar-refractivity contribution < 1.29 is 22.0 Å². The third-order valence-electron chi connectivity index (χ3n) is 6.58. The maximum atomic E-state index is 13.8. The van der Waals surface area contributed by atoms with Crippen LogP contribution >= 0.6 is 11.3 Å². The molecule has 7 nitrogen and oxygen atoms in total. The van der Waals surface area contributed by atoms with E-state index in [4.69, 9.17) is 9.40 Å². The number of amides is 1. The van der Waals surface area contributed by atoms with Crippen molar-refractivity contribution in [3.05, 3.63) is 77.5 Å². The summed E-state index contributed by atoms with van der Waals surface area (Å²) >= 11 is 1.48. The average molecular weight is 528 g/mol. The van der Waals surface area contributed by atoms with Crippen LogP contribution < -0.4 is 4.90 Å². The Labute approximate surface area is 213 Å². The SMILES string of the molecule is Cc1ccc(C)c2sc(N(Cc3ccco3)C(=O)C3CCN(S(=O)(=O)c4ccc(F)cc4)CC3)nc12. The predicted molar refractivity (Wildman–Crippen MR) is 137 cm³/mol. The van der Waals surface area contributed by atoms with Crippen LogP contribution in [0.15, 0.2) is 64.1 Å². The van der Waals surface area contributed by atoms with Crippen LogP contribution in [0.4, 0.5) is 9.52 Å². The fraction of sp³-hybridized carbons (Fsp3) is 0.308. The number of nitrogens with zero attached hydrogens (tertiary/aromatic N) is 3. The lowest BCUT2D eigenvalue weighted by molar-refractivity contribution is -0.123. The summed E-state index contributed by atoms with van der Waals surface area (Å²) in [5.41, 5.74) is 3.03. The van der Waals surface area contributed by atoms with Gasteiger partial charge in [-0.05, 0) is 74.2 Å². The number of hydrogen-bond donors (Lipinski definition) is 0. The standard InChI is InChI=1S/C26H26FN3O4S2/c1-17-5-6-18(2)24-23(17)28-26(35-24)30(16-21-4-3-15-34-21)25(31)19-11-13-29(14-12-19)36(32,33)22-9-7-20(27)8-10-22/h3-10,15,19H,11-14,16H2,1-2H3. The van der Waals surface area contributed by atoms with Gasteiger partial charge in [0.2, 0.25) is 15.9 Å². The summed E-state index contributed by atoms with van der Waals surface area (Å²) in [7, 11) is -3.75. The maximum absolute atomic E-state index is 13.8. The molecule has 1 saturated heterocycles. The Kier molecular flexibility index (Phi) is 6.67. The molecule has 0 atom stereocenters. The van der Waals surface area contributed by atoms with E-state index in [-0.39, 0.29) is 36.4 Å². The zero-order valence-corrected chi connectivity index (χ0v) is 21.6. The van der Waals surface area contributed by atoms with E-state index in [2.05, 4.69) is 6.07 Å². The molecule has 0 saturated carbocycles. The smallest absolute Gasteiger partial charge is 0.243 e. The molecular weight excluding hydrogens is 501 g/mol. The van der Waals surface area contributed by atoms with Crippen molar-refractivity contribution in [2.45, 2.75) is 38.1 Å². The molecule has 1 amide bonds. The number of piperidine rings is 1. The first-order chi connectivity index (χ1) is 17.2. The second kappa shape index (κ2) is 9.76. The molecule has 0 radical (unpaired) electrons. The van der Waals surface area contributed by atoms with Crippen molar-refractivity contribution >= 4 is 42.6 Å². The normalized spacial score (nSPS) is 15.4. The van der Waals surface area contributed by atoms with E-state index in [0.717, 1.165) is 33.5 Å². The van der Waals surface area contributed by atoms with Gasteiger partial charge in [0.1, 0.15) is 11.6 Å². The number of furan rings is 1. The summed E-state index contributed by atoms with van der Waals surface area (Å²) in [4.78, 5) is 20.3. The van der Waals surface area contributed by atoms with Crippen LogP contribution in [-0.4, -0.2) is 36.7 Å². The number of hydrogen-bond acceptors (Lipinski definition) is 6. The summed E-state index contributed by atoms with van der Waals surface area (Å²) in [5, 5.41) is 0.602. The summed E-state index contributed by atoms with van der Waals surface area (Å²) in [6.07, 6.45) is 2.34. The Hall–Kier alpha value is -3.08. The van der Waals surface area contributed by atoms with Gasteiger partial charge in [0.15, 0.2) is 5.13 Å². The lowest BCUT2D eigenvalue weighted by Gasteiger charge is -2.32. The number of aromatic nitrogens is 1. The second-order valence-corrected chi connectivity index (χ2v) is 11.9. The van der Waals surface area contributed by atoms with Crippen LogP contribution in [-0.2, 0) is 21.4 Å². The van der Waals surface area contributed by atoms with E-state index in [9.17, 15) is 17.6 Å². The lowest BCUT2D eigenvalue weighted by Crippen LogP contribution is -2.44. The van der Waals surface area contributed by atoms with E-state index < -0.39 is 15.8 Å². The molecule has 2 aromatic heterocycles. The molecule has 0 unspecified atom stereocenters. The molecule has 1 aliphatic rings. The molecular formula is C26H26FN3O4S2. The van der Waals surface area contributed by atoms with Crippen LogP contribution in [0.1, 0.15) is 29.7 Å². The molecule has 5 rings (SSSR count). The first-order valence-corrected chi connectivity index (χ1v) is 14.0. The van der Waals surface area contributed by atoms with Crippen molar-refractivity contribution in [2.24, 2.45) is 5.92 Å². The van der Waals surface area contributed by atoms with Crippen LogP contribution in [0.5, 0.6) is 0 Å². The number of carbonyl (C=O) groups is 1. The first-order valence-electron chi connectivity index (χ1n) is 11.7. The molecule has 1 aliphatic heterocycles. The van der Waals surface area contributed by atoms with Gasteiger partial charge in [-0.3, -0.25) is 9.69 Å². The second-order valence-electron chi connectivity index (χ2n) is 9.01. The van der Waals surface area contributed by atoms with Crippen LogP contribution in [0, 0.1) is 25.6 Å². The monoisotopic (exact) mass is 527 g/mol. The maximum Gasteiger partial charge on any atom is 0.243 e. The van der Waals surface area contributed by atoms with Crippen molar-refractivity contribution in [3.8, 4) is 0 Å². The first kappa shape index (κ1) is 24.6. The van der Waals surface area contributed by atoms with Crippen LogP contribution in [0.3, 0.4) is 0 Å². The molecule has 3 heterocycles. The zero-order valence-electron chi connectivity index (χ0n) is 20.0. The highest BCUT2D eigenvalue weighted by atomic mass is 32.2. The number of rotatable bonds is 6. The lowest BCUT2D eigenvalue weighted by atomic mass is 9.96. The van der Waals surface area contributed by atoms with Crippen LogP contribution in [0.2, 0.25) is 0 Å². The molecule has 4 aromatic rings. The van der Waals surface area contributed by atoms with E-state index in [1.807, 2.05) is 26.0 Å². The van der Waals surface area contributed by atoms with Crippen molar-refractivity contribution in [2.75, 3.05) is 18.0 Å². The molecule has 0 spiro atoms. The number of halogens is 1. The van der Waals surface area contributed by atoms with Crippen molar-refractivity contribution in [3.63, 3.8) is 0 Å². The topological polar surface area (TPSA) is 83.7 Å². The summed E-state index contributed by atoms with van der Waals surface area (Å²) in [6, 6.07) is 12.5. The predicted octanol–water partition coefficient (Wildman–Crippen LogP) is 5.28. The Bertz CT molecular complexity index is 1450. The Balaban J connectivity index is 1.38. The van der Waals surface area contributed by atoms with Gasteiger partial charge in [-0.1, -0.05) is 23.5 Å². The van der Waals surface area contributed by atoms with Crippen molar-refractivity contribution in [1.29, 1.82) is 0 Å². The van der Waals surface area contributed by atoms with Gasteiger partial charge in [-0.25, -0.2) is 17.8 Å². The minimum absolute atomic E-state index is 0.0494. The highest BCUT2D eigenvalue weighted by Gasteiger charge is 2.35. The number of anilines is 1. The van der Waals surface area contributed by atoms with Gasteiger partial charge >= 0.3 is 0 Å². The molecule has 1 fully saturated rings. The van der Waals surface area contributed by atoms with Gasteiger partial charge in [0, 0.05) is 19.0 Å². The van der Waals surface area contributed by atoms with Crippen LogP contribution in [0.25, 0.3) is 10.2 Å². The number of thiazole rings is 1. The van der Waals surface area contributed by atoms with Crippen molar-refractivity contribution in [1.82, 2.24) is 9.29 Å². The number of aryl methyl sites for hydroxylation is 2. The van der Waals surface area contributed by atoms with E-state index in [1.165, 1.54) is 27.8 Å². The Morgan fingerprint density at radius 2 is 1.81 bits per heavy atom. The fourth-order valence-corrected chi connectivity index (χ4v) is 7.07. The number of benzene rings is 2. The number of fused-ring (bicyclic) bond motifs is 1. The largest absolute Gasteiger partial charge is 0.467 e. The highest BCUT2D eigenvalue weighted by Crippen LogP contribution is 2.35. The van der Waals surface area contributed by atoms with Gasteiger partial charge in [-0.2, -0.15) is 4.31 Å². The third kappa shape index (κ3) is 4.68. The molecule has 0 N–H and O–H groups in total. The summed E-state index contributed by atoms with van der Waals surface area (Å²) in [5.74, 6) is -0.295. The Morgan fingerprint density at radius 1 is 1.11 bits per heavy atom. The minimum Gasteiger partial charge on any atom is -0.467 e. The van der Waals surface area contributed by atoms with Gasteiger partial charge in [-0.15, -0.1) is 0 Å². The zero-order chi connectivity index (χ0) is 25.4.